The lowest BCUT2D eigenvalue weighted by Crippen LogP contribution is -2.48. The highest BCUT2D eigenvalue weighted by Crippen LogP contribution is 2.35. The van der Waals surface area contributed by atoms with E-state index in [0.717, 1.165) is 51.5 Å². The number of hydrogen-bond donors (Lipinski definition) is 0. The van der Waals surface area contributed by atoms with Crippen molar-refractivity contribution in [3.63, 3.8) is 0 Å². The molecule has 1 unspecified atom stereocenters. The molecule has 2 aliphatic heterocycles. The van der Waals surface area contributed by atoms with Gasteiger partial charge in [-0.3, -0.25) is 4.90 Å². The van der Waals surface area contributed by atoms with E-state index in [0.29, 0.717) is 8.58 Å². The maximum atomic E-state index is 13.9. The van der Waals surface area contributed by atoms with Crippen LogP contribution in [-0.2, 0) is 0 Å². The summed E-state index contributed by atoms with van der Waals surface area (Å²) in [4.78, 5) is 7.35. The van der Waals surface area contributed by atoms with Crippen LogP contribution in [0, 0.1) is 5.82 Å². The molecule has 2 aromatic rings. The molecule has 25 heavy (non-hydrogen) atoms. The van der Waals surface area contributed by atoms with Crippen LogP contribution >= 0.6 is 8.58 Å². The fourth-order valence-corrected chi connectivity index (χ4v) is 5.05. The van der Waals surface area contributed by atoms with Gasteiger partial charge in [0.15, 0.2) is 0 Å². The molecule has 2 aromatic carbocycles. The van der Waals surface area contributed by atoms with E-state index < -0.39 is 0 Å². The van der Waals surface area contributed by atoms with E-state index in [4.69, 9.17) is 0 Å². The van der Waals surface area contributed by atoms with Crippen LogP contribution in [0.4, 0.5) is 15.8 Å². The Kier molecular flexibility index (Phi) is 5.03. The highest BCUT2D eigenvalue weighted by Gasteiger charge is 2.24. The average Bonchev–Trinajstić information content (AvgIpc) is 2.66. The van der Waals surface area contributed by atoms with E-state index in [-0.39, 0.29) is 5.82 Å². The van der Waals surface area contributed by atoms with Crippen LogP contribution in [0.5, 0.6) is 0 Å². The molecular weight excluding hydrogens is 332 g/mol. The van der Waals surface area contributed by atoms with Gasteiger partial charge in [-0.15, -0.1) is 0 Å². The summed E-state index contributed by atoms with van der Waals surface area (Å²) in [7, 11) is 0.605. The third kappa shape index (κ3) is 3.57. The molecule has 132 valence electrons. The largest absolute Gasteiger partial charge is 0.339 e. The summed E-state index contributed by atoms with van der Waals surface area (Å²) in [5.74, 6) is -0.149. The predicted octanol–water partition coefficient (Wildman–Crippen LogP) is 2.54. The maximum absolute atomic E-state index is 13.9. The summed E-state index contributed by atoms with van der Waals surface area (Å²) in [5, 5.41) is 2.60. The first-order valence-corrected chi connectivity index (χ1v) is 10.1. The highest BCUT2D eigenvalue weighted by molar-refractivity contribution is 7.56. The third-order valence-electron chi connectivity index (χ3n) is 5.27. The van der Waals surface area contributed by atoms with Gasteiger partial charge in [0.05, 0.1) is 5.69 Å². The summed E-state index contributed by atoms with van der Waals surface area (Å²) < 4.78 is 13.9. The van der Waals surface area contributed by atoms with Crippen LogP contribution in [0.2, 0.25) is 0 Å². The minimum Gasteiger partial charge on any atom is -0.339 e. The smallest absolute Gasteiger partial charge is 0.125 e. The van der Waals surface area contributed by atoms with Gasteiger partial charge in [-0.1, -0.05) is 33.7 Å². The van der Waals surface area contributed by atoms with E-state index in [2.05, 4.69) is 45.9 Å². The molecule has 1 fully saturated rings. The lowest BCUT2D eigenvalue weighted by molar-refractivity contribution is 0.140. The minimum absolute atomic E-state index is 0.149. The summed E-state index contributed by atoms with van der Waals surface area (Å²) in [6.07, 6.45) is 0. The van der Waals surface area contributed by atoms with Crippen molar-refractivity contribution in [2.24, 2.45) is 0 Å². The van der Waals surface area contributed by atoms with Crippen LogP contribution in [-0.4, -0.2) is 55.6 Å². The summed E-state index contributed by atoms with van der Waals surface area (Å²) >= 11 is 0. The topological polar surface area (TPSA) is 9.72 Å². The lowest BCUT2D eigenvalue weighted by Gasteiger charge is -2.37. The third-order valence-corrected chi connectivity index (χ3v) is 6.65. The van der Waals surface area contributed by atoms with Crippen LogP contribution in [0.25, 0.3) is 0 Å². The van der Waals surface area contributed by atoms with E-state index in [1.807, 2.05) is 6.07 Å². The zero-order valence-electron chi connectivity index (χ0n) is 14.7. The summed E-state index contributed by atoms with van der Waals surface area (Å²) in [6, 6.07) is 13.8. The van der Waals surface area contributed by atoms with Gasteiger partial charge in [0.2, 0.25) is 0 Å². The van der Waals surface area contributed by atoms with Crippen molar-refractivity contribution in [2.75, 3.05) is 50.7 Å². The molecule has 0 N–H and O–H groups in total. The number of rotatable bonds is 4. The Balaban J connectivity index is 1.53. The number of likely N-dealkylation sites (N-methyl/N-ethyl adjacent to an activating group) is 1. The van der Waals surface area contributed by atoms with Crippen molar-refractivity contribution in [2.45, 2.75) is 6.92 Å². The summed E-state index contributed by atoms with van der Waals surface area (Å²) in [5.41, 5.74) is 2.29. The van der Waals surface area contributed by atoms with Crippen molar-refractivity contribution in [3.05, 3.63) is 48.3 Å². The normalized spacial score (nSPS) is 19.0. The Morgan fingerprint density at radius 1 is 0.880 bits per heavy atom. The second kappa shape index (κ2) is 7.41. The number of benzene rings is 2. The van der Waals surface area contributed by atoms with Crippen molar-refractivity contribution >= 4 is 30.6 Å². The predicted molar refractivity (Wildman–Crippen MR) is 106 cm³/mol. The SMILES string of the molecule is CCN1CCN(CCN2c3ccccc3Pc3ccc(F)cc32)CC1. The maximum Gasteiger partial charge on any atom is 0.125 e. The van der Waals surface area contributed by atoms with Gasteiger partial charge in [0.1, 0.15) is 5.82 Å². The summed E-state index contributed by atoms with van der Waals surface area (Å²) in [6.45, 7) is 9.85. The molecule has 0 spiro atoms. The Bertz CT molecular complexity index is 743. The van der Waals surface area contributed by atoms with Gasteiger partial charge in [-0.2, -0.15) is 0 Å². The van der Waals surface area contributed by atoms with Gasteiger partial charge in [0, 0.05) is 55.6 Å². The Morgan fingerprint density at radius 2 is 1.60 bits per heavy atom. The number of piperazine rings is 1. The van der Waals surface area contributed by atoms with Crippen molar-refractivity contribution < 1.29 is 4.39 Å². The molecule has 0 aliphatic carbocycles. The molecular formula is C20H25FN3P. The van der Waals surface area contributed by atoms with Gasteiger partial charge in [0.25, 0.3) is 0 Å². The van der Waals surface area contributed by atoms with Crippen LogP contribution in [0.3, 0.4) is 0 Å². The van der Waals surface area contributed by atoms with E-state index in [9.17, 15) is 4.39 Å². The zero-order valence-corrected chi connectivity index (χ0v) is 15.7. The number of hydrogen-bond acceptors (Lipinski definition) is 3. The molecule has 0 saturated carbocycles. The first kappa shape index (κ1) is 17.0. The highest BCUT2D eigenvalue weighted by atomic mass is 31.1. The molecule has 2 aliphatic rings. The standard InChI is InChI=1S/C20H25FN3P/c1-2-22-9-11-23(12-10-22)13-14-24-17-5-3-4-6-19(17)25-20-8-7-16(21)15-18(20)24/h3-8,15,25H,2,9-14H2,1H3. The molecule has 0 aromatic heterocycles. The molecule has 1 atom stereocenters. The van der Waals surface area contributed by atoms with Crippen molar-refractivity contribution in [3.8, 4) is 0 Å². The average molecular weight is 357 g/mol. The number of halogens is 1. The molecule has 5 heteroatoms. The van der Waals surface area contributed by atoms with E-state index in [1.54, 1.807) is 12.1 Å². The molecule has 0 bridgehead atoms. The second-order valence-corrected chi connectivity index (χ2v) is 8.06. The number of para-hydroxylation sites is 1. The molecule has 3 nitrogen and oxygen atoms in total. The minimum atomic E-state index is -0.149. The Hall–Kier alpha value is -1.48. The quantitative estimate of drug-likeness (QED) is 0.779. The van der Waals surface area contributed by atoms with Crippen LogP contribution in [0.1, 0.15) is 6.92 Å². The number of anilines is 2. The van der Waals surface area contributed by atoms with Crippen LogP contribution in [0.15, 0.2) is 42.5 Å². The molecule has 1 saturated heterocycles. The second-order valence-electron chi connectivity index (χ2n) is 6.73. The molecule has 0 amide bonds. The van der Waals surface area contributed by atoms with E-state index >= 15 is 0 Å². The number of fused-ring (bicyclic) bond motifs is 2. The fraction of sp³-hybridized carbons (Fsp3) is 0.400. The lowest BCUT2D eigenvalue weighted by atomic mass is 10.2. The van der Waals surface area contributed by atoms with Gasteiger partial charge < -0.3 is 9.80 Å². The molecule has 4 rings (SSSR count). The van der Waals surface area contributed by atoms with Crippen LogP contribution < -0.4 is 15.5 Å². The number of nitrogens with zero attached hydrogens (tertiary/aromatic N) is 3. The van der Waals surface area contributed by atoms with E-state index in [1.165, 1.54) is 16.3 Å². The van der Waals surface area contributed by atoms with Gasteiger partial charge >= 0.3 is 0 Å². The van der Waals surface area contributed by atoms with Crippen molar-refractivity contribution in [1.29, 1.82) is 0 Å². The molecule has 0 radical (unpaired) electrons. The van der Waals surface area contributed by atoms with Crippen molar-refractivity contribution in [1.82, 2.24) is 9.80 Å². The molecule has 2 heterocycles. The fourth-order valence-electron chi connectivity index (χ4n) is 3.73. The first-order valence-electron chi connectivity index (χ1n) is 9.12. The zero-order chi connectivity index (χ0) is 17.2. The van der Waals surface area contributed by atoms with Gasteiger partial charge in [-0.25, -0.2) is 4.39 Å². The monoisotopic (exact) mass is 357 g/mol. The Morgan fingerprint density at radius 3 is 2.40 bits per heavy atom. The first-order chi connectivity index (χ1) is 12.2. The Labute approximate surface area is 151 Å². The van der Waals surface area contributed by atoms with Gasteiger partial charge in [-0.05, 0) is 30.8 Å².